The van der Waals surface area contributed by atoms with E-state index in [0.29, 0.717) is 19.4 Å². The molecule has 0 aliphatic rings. The molecule has 0 aromatic rings. The first kappa shape index (κ1) is 13.7. The third-order valence-electron chi connectivity index (χ3n) is 0.806. The average Bonchev–Trinajstić information content (AvgIpc) is 2.07. The number of carbonyl (C=O) groups is 2. The molecule has 0 aliphatic carbocycles. The largest absolute Gasteiger partial charge is 0.372 e. The lowest BCUT2D eigenvalue weighted by Crippen LogP contribution is -2.24. The molecule has 0 saturated heterocycles. The maximum absolute atomic E-state index is 10.2. The molecule has 0 rings (SSSR count). The minimum absolute atomic E-state index is 0.0882. The van der Waals surface area contributed by atoms with Crippen molar-refractivity contribution < 1.29 is 14.3 Å². The SMILES string of the molecule is CC.CC(=O)NCCOCC=O. The molecule has 0 heterocycles. The van der Waals surface area contributed by atoms with Gasteiger partial charge in [-0.25, -0.2) is 0 Å². The fourth-order valence-corrected chi connectivity index (χ4v) is 0.431. The van der Waals surface area contributed by atoms with E-state index < -0.39 is 0 Å². The molecule has 0 bridgehead atoms. The predicted molar refractivity (Wildman–Crippen MR) is 46.9 cm³/mol. The molecule has 0 radical (unpaired) electrons. The lowest BCUT2D eigenvalue weighted by molar-refractivity contribution is -0.119. The fraction of sp³-hybridized carbons (Fsp3) is 0.750. The summed E-state index contributed by atoms with van der Waals surface area (Å²) in [5, 5.41) is 2.52. The normalized spacial score (nSPS) is 7.92. The van der Waals surface area contributed by atoms with Crippen LogP contribution in [0.2, 0.25) is 0 Å². The Bertz CT molecular complexity index is 115. The molecule has 4 heteroatoms. The summed E-state index contributed by atoms with van der Waals surface area (Å²) >= 11 is 0. The second-order valence-electron chi connectivity index (χ2n) is 1.72. The predicted octanol–water partition coefficient (Wildman–Crippen LogP) is 0.364. The van der Waals surface area contributed by atoms with E-state index in [1.807, 2.05) is 13.8 Å². The van der Waals surface area contributed by atoms with E-state index in [1.54, 1.807) is 0 Å². The van der Waals surface area contributed by atoms with Crippen LogP contribution >= 0.6 is 0 Å². The molecule has 0 saturated carbocycles. The van der Waals surface area contributed by atoms with Crippen LogP contribution in [0.5, 0.6) is 0 Å². The quantitative estimate of drug-likeness (QED) is 0.485. The average molecular weight is 175 g/mol. The van der Waals surface area contributed by atoms with E-state index in [9.17, 15) is 9.59 Å². The van der Waals surface area contributed by atoms with Gasteiger partial charge in [0, 0.05) is 13.5 Å². The molecule has 1 N–H and O–H groups in total. The van der Waals surface area contributed by atoms with Crippen molar-refractivity contribution in [1.82, 2.24) is 5.32 Å². The Balaban J connectivity index is 0. The second kappa shape index (κ2) is 12.7. The van der Waals surface area contributed by atoms with E-state index in [0.717, 1.165) is 0 Å². The topological polar surface area (TPSA) is 55.4 Å². The van der Waals surface area contributed by atoms with Gasteiger partial charge in [-0.15, -0.1) is 0 Å². The molecular formula is C8H17NO3. The zero-order valence-corrected chi connectivity index (χ0v) is 7.92. The van der Waals surface area contributed by atoms with Crippen molar-refractivity contribution in [2.24, 2.45) is 0 Å². The van der Waals surface area contributed by atoms with Gasteiger partial charge in [-0.2, -0.15) is 0 Å². The monoisotopic (exact) mass is 175 g/mol. The minimum Gasteiger partial charge on any atom is -0.372 e. The van der Waals surface area contributed by atoms with Gasteiger partial charge in [0.05, 0.1) is 6.61 Å². The van der Waals surface area contributed by atoms with Gasteiger partial charge < -0.3 is 14.8 Å². The number of nitrogens with one attached hydrogen (secondary N) is 1. The van der Waals surface area contributed by atoms with Crippen LogP contribution in [0.3, 0.4) is 0 Å². The molecule has 0 aliphatic heterocycles. The lowest BCUT2D eigenvalue weighted by atomic mass is 10.6. The van der Waals surface area contributed by atoms with Crippen LogP contribution in [0.25, 0.3) is 0 Å². The van der Waals surface area contributed by atoms with Gasteiger partial charge in [-0.3, -0.25) is 4.79 Å². The van der Waals surface area contributed by atoms with Crippen LogP contribution in [-0.2, 0) is 14.3 Å². The second-order valence-corrected chi connectivity index (χ2v) is 1.72. The maximum atomic E-state index is 10.2. The molecule has 0 fully saturated rings. The molecule has 72 valence electrons. The minimum atomic E-state index is -0.0882. The number of aldehydes is 1. The highest BCUT2D eigenvalue weighted by molar-refractivity contribution is 5.72. The van der Waals surface area contributed by atoms with Crippen molar-refractivity contribution in [2.45, 2.75) is 20.8 Å². The Kier molecular flexibility index (Phi) is 14.5. The van der Waals surface area contributed by atoms with Crippen LogP contribution in [0.1, 0.15) is 20.8 Å². The molecule has 4 nitrogen and oxygen atoms in total. The van der Waals surface area contributed by atoms with E-state index >= 15 is 0 Å². The highest BCUT2D eigenvalue weighted by Gasteiger charge is 1.88. The van der Waals surface area contributed by atoms with Crippen molar-refractivity contribution in [3.05, 3.63) is 0 Å². The molecule has 1 amide bonds. The standard InChI is InChI=1S/C6H11NO3.C2H6/c1-6(9)7-2-4-10-5-3-8;1-2/h3H,2,4-5H2,1H3,(H,7,9);1-2H3. The highest BCUT2D eigenvalue weighted by Crippen LogP contribution is 1.68. The van der Waals surface area contributed by atoms with Crippen molar-refractivity contribution in [1.29, 1.82) is 0 Å². The zero-order valence-electron chi connectivity index (χ0n) is 7.92. The van der Waals surface area contributed by atoms with E-state index in [1.165, 1.54) is 6.92 Å². The van der Waals surface area contributed by atoms with Gasteiger partial charge in [0.15, 0.2) is 0 Å². The number of amides is 1. The number of ether oxygens (including phenoxy) is 1. The van der Waals surface area contributed by atoms with E-state index in [4.69, 9.17) is 4.74 Å². The first-order chi connectivity index (χ1) is 5.77. The highest BCUT2D eigenvalue weighted by atomic mass is 16.5. The van der Waals surface area contributed by atoms with Crippen molar-refractivity contribution in [2.75, 3.05) is 19.8 Å². The van der Waals surface area contributed by atoms with Crippen LogP contribution < -0.4 is 5.32 Å². The van der Waals surface area contributed by atoms with Gasteiger partial charge in [0.25, 0.3) is 0 Å². The molecular weight excluding hydrogens is 158 g/mol. The Morgan fingerprint density at radius 2 is 2.08 bits per heavy atom. The van der Waals surface area contributed by atoms with Crippen LogP contribution in [0.15, 0.2) is 0 Å². The van der Waals surface area contributed by atoms with Gasteiger partial charge in [0.1, 0.15) is 12.9 Å². The van der Waals surface area contributed by atoms with Crippen molar-refractivity contribution >= 4 is 12.2 Å². The number of rotatable bonds is 5. The smallest absolute Gasteiger partial charge is 0.216 e. The van der Waals surface area contributed by atoms with Crippen molar-refractivity contribution in [3.63, 3.8) is 0 Å². The summed E-state index contributed by atoms with van der Waals surface area (Å²) in [6.45, 7) is 6.38. The number of hydrogen-bond donors (Lipinski definition) is 1. The zero-order chi connectivity index (χ0) is 9.82. The lowest BCUT2D eigenvalue weighted by Gasteiger charge is -1.99. The fourth-order valence-electron chi connectivity index (χ4n) is 0.431. The molecule has 0 aromatic carbocycles. The van der Waals surface area contributed by atoms with E-state index in [2.05, 4.69) is 5.32 Å². The summed E-state index contributed by atoms with van der Waals surface area (Å²) in [5.74, 6) is -0.0882. The first-order valence-electron chi connectivity index (χ1n) is 4.03. The van der Waals surface area contributed by atoms with E-state index in [-0.39, 0.29) is 12.5 Å². The van der Waals surface area contributed by atoms with Crippen molar-refractivity contribution in [3.8, 4) is 0 Å². The number of hydrogen-bond acceptors (Lipinski definition) is 3. The molecule has 0 spiro atoms. The number of carbonyl (C=O) groups excluding carboxylic acids is 2. The van der Waals surface area contributed by atoms with Gasteiger partial charge in [-0.1, -0.05) is 13.8 Å². The molecule has 0 unspecified atom stereocenters. The van der Waals surface area contributed by atoms with Crippen LogP contribution in [0.4, 0.5) is 0 Å². The van der Waals surface area contributed by atoms with Gasteiger partial charge in [0.2, 0.25) is 5.91 Å². The first-order valence-corrected chi connectivity index (χ1v) is 4.03. The molecule has 0 atom stereocenters. The summed E-state index contributed by atoms with van der Waals surface area (Å²) in [6, 6.07) is 0. The Morgan fingerprint density at radius 1 is 1.50 bits per heavy atom. The summed E-state index contributed by atoms with van der Waals surface area (Å²) in [4.78, 5) is 19.9. The Hall–Kier alpha value is -0.900. The Labute approximate surface area is 73.3 Å². The third kappa shape index (κ3) is 16.0. The van der Waals surface area contributed by atoms with Crippen LogP contribution in [0, 0.1) is 0 Å². The summed E-state index contributed by atoms with van der Waals surface area (Å²) < 4.78 is 4.75. The van der Waals surface area contributed by atoms with Gasteiger partial charge >= 0.3 is 0 Å². The Morgan fingerprint density at radius 3 is 2.50 bits per heavy atom. The van der Waals surface area contributed by atoms with Gasteiger partial charge in [-0.05, 0) is 0 Å². The van der Waals surface area contributed by atoms with Crippen LogP contribution in [-0.4, -0.2) is 32.0 Å². The molecule has 0 aromatic heterocycles. The third-order valence-corrected chi connectivity index (χ3v) is 0.806. The summed E-state index contributed by atoms with van der Waals surface area (Å²) in [7, 11) is 0. The maximum Gasteiger partial charge on any atom is 0.216 e. The molecule has 12 heavy (non-hydrogen) atoms. The summed E-state index contributed by atoms with van der Waals surface area (Å²) in [6.07, 6.45) is 0.674. The summed E-state index contributed by atoms with van der Waals surface area (Å²) in [5.41, 5.74) is 0.